The Morgan fingerprint density at radius 1 is 1.37 bits per heavy atom. The molecule has 102 valence electrons. The minimum atomic E-state index is -0.327. The Hall–Kier alpha value is -1.81. The Balaban J connectivity index is 2.44. The number of hydrogen-bond donors (Lipinski definition) is 2. The van der Waals surface area contributed by atoms with Crippen LogP contribution in [0.3, 0.4) is 0 Å². The summed E-state index contributed by atoms with van der Waals surface area (Å²) >= 11 is 0. The van der Waals surface area contributed by atoms with Crippen LogP contribution in [0.15, 0.2) is 24.0 Å². The topological polar surface area (TPSA) is 66.8 Å². The molecule has 0 bridgehead atoms. The molecule has 0 fully saturated rings. The molecule has 0 saturated heterocycles. The van der Waals surface area contributed by atoms with Crippen molar-refractivity contribution < 1.29 is 19.7 Å². The second-order valence-corrected chi connectivity index (χ2v) is 4.74. The van der Waals surface area contributed by atoms with Crippen LogP contribution >= 0.6 is 0 Å². The largest absolute Gasteiger partial charge is 0.512 e. The van der Waals surface area contributed by atoms with Gasteiger partial charge in [-0.25, -0.2) is 0 Å². The molecule has 2 rings (SSSR count). The Bertz CT molecular complexity index is 531. The van der Waals surface area contributed by atoms with E-state index in [1.165, 1.54) is 13.2 Å². The summed E-state index contributed by atoms with van der Waals surface area (Å²) in [6.07, 6.45) is 1.04. The molecule has 4 nitrogen and oxygen atoms in total. The lowest BCUT2D eigenvalue weighted by atomic mass is 9.94. The number of hydrogen-bond acceptors (Lipinski definition) is 4. The number of aliphatic hydroxyl groups excluding tert-OH is 1. The number of carbonyl (C=O) groups is 1. The van der Waals surface area contributed by atoms with Crippen molar-refractivity contribution in [2.24, 2.45) is 5.92 Å². The molecule has 4 heteroatoms. The van der Waals surface area contributed by atoms with Crippen LogP contribution in [0.5, 0.6) is 5.75 Å². The van der Waals surface area contributed by atoms with Crippen LogP contribution in [0.4, 0.5) is 0 Å². The third kappa shape index (κ3) is 2.49. The number of carbonyl (C=O) groups excluding carboxylic acids is 1. The third-order valence-electron chi connectivity index (χ3n) is 3.46. The first-order valence-corrected chi connectivity index (χ1v) is 6.36. The number of aromatic hydroxyl groups is 1. The van der Waals surface area contributed by atoms with Gasteiger partial charge in [0, 0.05) is 13.5 Å². The third-order valence-corrected chi connectivity index (χ3v) is 3.46. The minimum Gasteiger partial charge on any atom is -0.512 e. The highest BCUT2D eigenvalue weighted by Gasteiger charge is 2.34. The molecule has 0 radical (unpaired) electrons. The fraction of sp³-hybridized carbons (Fsp3) is 0.400. The molecule has 2 N–H and O–H groups in total. The fourth-order valence-electron chi connectivity index (χ4n) is 2.50. The smallest absolute Gasteiger partial charge is 0.172 e. The highest BCUT2D eigenvalue weighted by Crippen LogP contribution is 2.36. The maximum absolute atomic E-state index is 12.3. The number of allylic oxidation sites excluding steroid dienone is 2. The Morgan fingerprint density at radius 2 is 2.11 bits per heavy atom. The molecule has 0 heterocycles. The first-order chi connectivity index (χ1) is 9.08. The summed E-state index contributed by atoms with van der Waals surface area (Å²) in [7, 11) is 1.54. The Morgan fingerprint density at radius 3 is 2.74 bits per heavy atom. The number of Topliss-reactive ketones (excluding diaryl/α,β-unsaturated/α-hetero) is 1. The predicted octanol–water partition coefficient (Wildman–Crippen LogP) is 2.46. The van der Waals surface area contributed by atoms with Crippen molar-refractivity contribution >= 4 is 11.4 Å². The van der Waals surface area contributed by atoms with Gasteiger partial charge >= 0.3 is 0 Å². The quantitative estimate of drug-likeness (QED) is 0.874. The highest BCUT2D eigenvalue weighted by molar-refractivity contribution is 6.24. The second-order valence-electron chi connectivity index (χ2n) is 4.74. The SMILES string of the molecule is CCc1ccc(O)cc1C1=C(O)CC(COC)C1=O. The monoisotopic (exact) mass is 262 g/mol. The summed E-state index contributed by atoms with van der Waals surface area (Å²) in [5.41, 5.74) is 1.89. The van der Waals surface area contributed by atoms with E-state index in [1.807, 2.05) is 6.92 Å². The van der Waals surface area contributed by atoms with Crippen LogP contribution in [0.25, 0.3) is 5.57 Å². The van der Waals surface area contributed by atoms with Gasteiger partial charge in [-0.15, -0.1) is 0 Å². The van der Waals surface area contributed by atoms with E-state index in [0.29, 0.717) is 24.2 Å². The van der Waals surface area contributed by atoms with E-state index in [0.717, 1.165) is 12.0 Å². The number of methoxy groups -OCH3 is 1. The number of rotatable bonds is 4. The van der Waals surface area contributed by atoms with Crippen molar-refractivity contribution in [2.45, 2.75) is 19.8 Å². The lowest BCUT2D eigenvalue weighted by molar-refractivity contribution is -0.118. The van der Waals surface area contributed by atoms with E-state index in [9.17, 15) is 15.0 Å². The van der Waals surface area contributed by atoms with Crippen molar-refractivity contribution in [3.05, 3.63) is 35.1 Å². The molecule has 19 heavy (non-hydrogen) atoms. The average Bonchev–Trinajstić information content (AvgIpc) is 2.65. The zero-order valence-corrected chi connectivity index (χ0v) is 11.1. The van der Waals surface area contributed by atoms with Gasteiger partial charge in [-0.3, -0.25) is 4.79 Å². The predicted molar refractivity (Wildman–Crippen MR) is 72.0 cm³/mol. The Labute approximate surface area is 112 Å². The molecule has 1 atom stereocenters. The number of benzene rings is 1. The molecule has 0 saturated carbocycles. The normalized spacial score (nSPS) is 19.3. The molecule has 1 aliphatic rings. The van der Waals surface area contributed by atoms with E-state index in [2.05, 4.69) is 0 Å². The average molecular weight is 262 g/mol. The van der Waals surface area contributed by atoms with E-state index in [4.69, 9.17) is 4.74 Å². The van der Waals surface area contributed by atoms with Crippen LogP contribution in [0.1, 0.15) is 24.5 Å². The molecular weight excluding hydrogens is 244 g/mol. The van der Waals surface area contributed by atoms with Crippen LogP contribution in [0.2, 0.25) is 0 Å². The maximum Gasteiger partial charge on any atom is 0.172 e. The van der Waals surface area contributed by atoms with E-state index < -0.39 is 0 Å². The van der Waals surface area contributed by atoms with Crippen molar-refractivity contribution in [2.75, 3.05) is 13.7 Å². The standard InChI is InChI=1S/C15H18O4/c1-3-9-4-5-11(16)7-12(9)14-13(17)6-10(8-19-2)15(14)18/h4-5,7,10,16-17H,3,6,8H2,1-2H3. The van der Waals surface area contributed by atoms with Crippen LogP contribution in [0, 0.1) is 5.92 Å². The fourth-order valence-corrected chi connectivity index (χ4v) is 2.50. The second kappa shape index (κ2) is 5.45. The van der Waals surface area contributed by atoms with Crippen LogP contribution in [-0.2, 0) is 16.0 Å². The first-order valence-electron chi connectivity index (χ1n) is 6.36. The summed E-state index contributed by atoms with van der Waals surface area (Å²) < 4.78 is 5.00. The highest BCUT2D eigenvalue weighted by atomic mass is 16.5. The number of phenolic OH excluding ortho intramolecular Hbond substituents is 1. The van der Waals surface area contributed by atoms with Gasteiger partial charge in [-0.05, 0) is 29.7 Å². The number of aliphatic hydroxyl groups is 1. The summed E-state index contributed by atoms with van der Waals surface area (Å²) in [6.45, 7) is 2.27. The van der Waals surface area contributed by atoms with Gasteiger partial charge in [-0.2, -0.15) is 0 Å². The summed E-state index contributed by atoms with van der Waals surface area (Å²) in [5, 5.41) is 19.6. The van der Waals surface area contributed by atoms with Gasteiger partial charge in [0.05, 0.1) is 18.1 Å². The van der Waals surface area contributed by atoms with Crippen molar-refractivity contribution in [1.82, 2.24) is 0 Å². The molecule has 1 aromatic rings. The summed E-state index contributed by atoms with van der Waals surface area (Å²) in [4.78, 5) is 12.3. The molecule has 1 unspecified atom stereocenters. The lowest BCUT2D eigenvalue weighted by Crippen LogP contribution is -2.15. The molecule has 0 amide bonds. The first kappa shape index (κ1) is 13.6. The zero-order chi connectivity index (χ0) is 14.0. The molecule has 0 aromatic heterocycles. The lowest BCUT2D eigenvalue weighted by Gasteiger charge is -2.11. The van der Waals surface area contributed by atoms with E-state index in [1.54, 1.807) is 12.1 Å². The number of phenols is 1. The van der Waals surface area contributed by atoms with Gasteiger partial charge in [-0.1, -0.05) is 13.0 Å². The molecule has 0 spiro atoms. The number of ketones is 1. The minimum absolute atomic E-state index is 0.0901. The zero-order valence-electron chi connectivity index (χ0n) is 11.1. The maximum atomic E-state index is 12.3. The van der Waals surface area contributed by atoms with Crippen molar-refractivity contribution in [1.29, 1.82) is 0 Å². The molecule has 0 aliphatic heterocycles. The van der Waals surface area contributed by atoms with Gasteiger partial charge in [0.1, 0.15) is 11.5 Å². The van der Waals surface area contributed by atoms with Gasteiger partial charge < -0.3 is 14.9 Å². The Kier molecular flexibility index (Phi) is 3.90. The molecule has 1 aliphatic carbocycles. The number of aryl methyl sites for hydroxylation is 1. The van der Waals surface area contributed by atoms with Crippen LogP contribution < -0.4 is 0 Å². The number of ether oxygens (including phenoxy) is 1. The molecule has 1 aromatic carbocycles. The van der Waals surface area contributed by atoms with Crippen LogP contribution in [-0.4, -0.2) is 29.7 Å². The van der Waals surface area contributed by atoms with E-state index in [-0.39, 0.29) is 23.2 Å². The van der Waals surface area contributed by atoms with Crippen molar-refractivity contribution in [3.63, 3.8) is 0 Å². The van der Waals surface area contributed by atoms with Gasteiger partial charge in [0.15, 0.2) is 5.78 Å². The van der Waals surface area contributed by atoms with E-state index >= 15 is 0 Å². The van der Waals surface area contributed by atoms with Gasteiger partial charge in [0.25, 0.3) is 0 Å². The summed E-state index contributed by atoms with van der Waals surface area (Å²) in [6, 6.07) is 4.91. The van der Waals surface area contributed by atoms with Crippen molar-refractivity contribution in [3.8, 4) is 5.75 Å². The van der Waals surface area contributed by atoms with Gasteiger partial charge in [0.2, 0.25) is 0 Å². The summed E-state index contributed by atoms with van der Waals surface area (Å²) in [5.74, 6) is -0.255. The molecular formula is C15H18O4.